The zero-order valence-corrected chi connectivity index (χ0v) is 20.4. The highest BCUT2D eigenvalue weighted by Gasteiger charge is 2.35. The summed E-state index contributed by atoms with van der Waals surface area (Å²) in [4.78, 5) is 19.5. The van der Waals surface area contributed by atoms with Crippen LogP contribution in [0.3, 0.4) is 0 Å². The molecule has 1 heterocycles. The molecule has 0 spiro atoms. The van der Waals surface area contributed by atoms with E-state index in [2.05, 4.69) is 25.9 Å². The zero-order valence-electron chi connectivity index (χ0n) is 19.5. The largest absolute Gasteiger partial charge is 0.421 e. The van der Waals surface area contributed by atoms with Gasteiger partial charge in [-0.05, 0) is 42.0 Å². The maximum Gasteiger partial charge on any atom is 0.421 e. The van der Waals surface area contributed by atoms with Crippen LogP contribution >= 0.6 is 0 Å². The molecule has 4 N–H and O–H groups in total. The van der Waals surface area contributed by atoms with E-state index in [0.29, 0.717) is 23.1 Å². The van der Waals surface area contributed by atoms with E-state index in [4.69, 9.17) is 9.84 Å². The average Bonchev–Trinajstić information content (AvgIpc) is 2.83. The van der Waals surface area contributed by atoms with Gasteiger partial charge in [0, 0.05) is 30.4 Å². The normalized spacial score (nSPS) is 11.7. The Morgan fingerprint density at radius 2 is 1.81 bits per heavy atom. The fourth-order valence-electron chi connectivity index (χ4n) is 3.05. The smallest absolute Gasteiger partial charge is 0.394 e. The first-order valence-corrected chi connectivity index (χ1v) is 12.7. The Balaban J connectivity index is 1.73. The SMILES string of the molecule is CS(=O)(=O)c1cccc(CNc2nc(Nc3ccc(NC(=O)COCCO)cc3)ncc2C(F)(F)F)c1. The number of halogens is 3. The van der Waals surface area contributed by atoms with Crippen LogP contribution in [-0.4, -0.2) is 55.5 Å². The predicted molar refractivity (Wildman–Crippen MR) is 130 cm³/mol. The van der Waals surface area contributed by atoms with E-state index < -0.39 is 33.3 Å². The molecule has 0 aliphatic heterocycles. The summed E-state index contributed by atoms with van der Waals surface area (Å²) in [7, 11) is -3.48. The summed E-state index contributed by atoms with van der Waals surface area (Å²) in [5.41, 5.74) is 0.263. The predicted octanol–water partition coefficient (Wildman–Crippen LogP) is 3.20. The van der Waals surface area contributed by atoms with Crippen molar-refractivity contribution >= 4 is 38.9 Å². The molecule has 0 aliphatic carbocycles. The van der Waals surface area contributed by atoms with Crippen molar-refractivity contribution in [1.29, 1.82) is 0 Å². The fourth-order valence-corrected chi connectivity index (χ4v) is 3.74. The molecule has 0 saturated carbocycles. The summed E-state index contributed by atoms with van der Waals surface area (Å²) in [5, 5.41) is 16.7. The van der Waals surface area contributed by atoms with Crippen molar-refractivity contribution < 1.29 is 36.2 Å². The number of aliphatic hydroxyl groups is 1. The third-order valence-corrected chi connectivity index (χ3v) is 5.88. The molecule has 37 heavy (non-hydrogen) atoms. The summed E-state index contributed by atoms with van der Waals surface area (Å²) < 4.78 is 69.0. The van der Waals surface area contributed by atoms with E-state index >= 15 is 0 Å². The first-order chi connectivity index (χ1) is 17.5. The number of carbonyl (C=O) groups is 1. The Labute approximate surface area is 210 Å². The molecular formula is C23H24F3N5O5S. The number of rotatable bonds is 11. The molecule has 1 amide bonds. The number of ether oxygens (including phenoxy) is 1. The van der Waals surface area contributed by atoms with Gasteiger partial charge in [-0.3, -0.25) is 4.79 Å². The molecule has 198 valence electrons. The van der Waals surface area contributed by atoms with Crippen LogP contribution in [-0.2, 0) is 32.1 Å². The minimum Gasteiger partial charge on any atom is -0.394 e. The second-order valence-electron chi connectivity index (χ2n) is 7.75. The van der Waals surface area contributed by atoms with Gasteiger partial charge in [0.05, 0.1) is 18.1 Å². The lowest BCUT2D eigenvalue weighted by Gasteiger charge is -2.15. The number of benzene rings is 2. The highest BCUT2D eigenvalue weighted by atomic mass is 32.2. The van der Waals surface area contributed by atoms with E-state index in [9.17, 15) is 26.4 Å². The van der Waals surface area contributed by atoms with Gasteiger partial charge in [-0.25, -0.2) is 13.4 Å². The Morgan fingerprint density at radius 3 is 2.46 bits per heavy atom. The Kier molecular flexibility index (Phi) is 9.02. The number of hydrogen-bond acceptors (Lipinski definition) is 9. The monoisotopic (exact) mass is 539 g/mol. The maximum absolute atomic E-state index is 13.5. The van der Waals surface area contributed by atoms with Crippen LogP contribution in [0.25, 0.3) is 0 Å². The van der Waals surface area contributed by atoms with Gasteiger partial charge in [0.25, 0.3) is 0 Å². The summed E-state index contributed by atoms with van der Waals surface area (Å²) in [6.45, 7) is -0.506. The number of sulfone groups is 1. The van der Waals surface area contributed by atoms with Crippen molar-refractivity contribution in [2.45, 2.75) is 17.6 Å². The number of alkyl halides is 3. The second-order valence-corrected chi connectivity index (χ2v) is 9.77. The zero-order chi connectivity index (χ0) is 27.1. The second kappa shape index (κ2) is 12.0. The first kappa shape index (κ1) is 27.8. The molecule has 0 aliphatic rings. The third-order valence-electron chi connectivity index (χ3n) is 4.77. The Bertz CT molecular complexity index is 1340. The summed E-state index contributed by atoms with van der Waals surface area (Å²) in [6, 6.07) is 12.1. The average molecular weight is 540 g/mol. The first-order valence-electron chi connectivity index (χ1n) is 10.8. The van der Waals surface area contributed by atoms with Gasteiger partial charge in [0.1, 0.15) is 18.0 Å². The van der Waals surface area contributed by atoms with E-state index in [-0.39, 0.29) is 37.2 Å². The van der Waals surface area contributed by atoms with Crippen molar-refractivity contribution in [1.82, 2.24) is 9.97 Å². The number of hydrogen-bond donors (Lipinski definition) is 4. The number of aliphatic hydroxyl groups excluding tert-OH is 1. The lowest BCUT2D eigenvalue weighted by Crippen LogP contribution is -2.19. The molecule has 0 radical (unpaired) electrons. The van der Waals surface area contributed by atoms with Crippen LogP contribution in [0.15, 0.2) is 59.6 Å². The molecule has 0 unspecified atom stereocenters. The topological polar surface area (TPSA) is 143 Å². The number of amides is 1. The minimum absolute atomic E-state index is 0.0350. The van der Waals surface area contributed by atoms with E-state index in [1.807, 2.05) is 0 Å². The van der Waals surface area contributed by atoms with Crippen LogP contribution < -0.4 is 16.0 Å². The van der Waals surface area contributed by atoms with Crippen molar-refractivity contribution in [3.05, 3.63) is 65.9 Å². The standard InChI is InChI=1S/C23H24F3N5O5S/c1-37(34,35)18-4-2-3-15(11-18)12-27-21-19(23(24,25)26)13-28-22(31-21)30-17-7-5-16(6-8-17)29-20(33)14-36-10-9-32/h2-8,11,13,32H,9-10,12,14H2,1H3,(H,29,33)(H2,27,28,30,31). The van der Waals surface area contributed by atoms with Crippen molar-refractivity contribution in [2.75, 3.05) is 42.0 Å². The van der Waals surface area contributed by atoms with Gasteiger partial charge in [0.2, 0.25) is 11.9 Å². The fraction of sp³-hybridized carbons (Fsp3) is 0.261. The molecule has 3 rings (SSSR count). The van der Waals surface area contributed by atoms with Gasteiger partial charge in [-0.15, -0.1) is 0 Å². The van der Waals surface area contributed by atoms with Crippen LogP contribution in [0.4, 0.5) is 36.3 Å². The quantitative estimate of drug-likeness (QED) is 0.270. The number of nitrogens with one attached hydrogen (secondary N) is 3. The lowest BCUT2D eigenvalue weighted by molar-refractivity contribution is -0.137. The third kappa shape index (κ3) is 8.41. The molecule has 0 saturated heterocycles. The van der Waals surface area contributed by atoms with Crippen molar-refractivity contribution in [2.24, 2.45) is 0 Å². The Morgan fingerprint density at radius 1 is 1.11 bits per heavy atom. The Hall–Kier alpha value is -3.75. The molecule has 2 aromatic carbocycles. The maximum atomic E-state index is 13.5. The van der Waals surface area contributed by atoms with Gasteiger partial charge < -0.3 is 25.8 Å². The summed E-state index contributed by atoms with van der Waals surface area (Å²) >= 11 is 0. The molecule has 0 fully saturated rings. The van der Waals surface area contributed by atoms with Gasteiger partial charge in [-0.2, -0.15) is 18.2 Å². The highest BCUT2D eigenvalue weighted by Crippen LogP contribution is 2.34. The van der Waals surface area contributed by atoms with Crippen LogP contribution in [0.2, 0.25) is 0 Å². The van der Waals surface area contributed by atoms with Crippen LogP contribution in [0.5, 0.6) is 0 Å². The molecule has 3 aromatic rings. The lowest BCUT2D eigenvalue weighted by atomic mass is 10.2. The van der Waals surface area contributed by atoms with E-state index in [0.717, 1.165) is 6.26 Å². The van der Waals surface area contributed by atoms with Gasteiger partial charge in [-0.1, -0.05) is 12.1 Å². The summed E-state index contributed by atoms with van der Waals surface area (Å²) in [6.07, 6.45) is -3.04. The molecule has 1 aromatic heterocycles. The van der Waals surface area contributed by atoms with Crippen LogP contribution in [0.1, 0.15) is 11.1 Å². The highest BCUT2D eigenvalue weighted by molar-refractivity contribution is 7.90. The minimum atomic E-state index is -4.73. The van der Waals surface area contributed by atoms with E-state index in [1.165, 1.54) is 18.2 Å². The number of anilines is 4. The molecule has 0 atom stereocenters. The number of nitrogens with zero attached hydrogens (tertiary/aromatic N) is 2. The van der Waals surface area contributed by atoms with Gasteiger partial charge in [0.15, 0.2) is 9.84 Å². The molecule has 10 nitrogen and oxygen atoms in total. The number of carbonyl (C=O) groups excluding carboxylic acids is 1. The molecule has 0 bridgehead atoms. The van der Waals surface area contributed by atoms with Crippen LogP contribution in [0, 0.1) is 0 Å². The molecular weight excluding hydrogens is 515 g/mol. The number of aromatic nitrogens is 2. The summed E-state index contributed by atoms with van der Waals surface area (Å²) in [5.74, 6) is -1.02. The van der Waals surface area contributed by atoms with E-state index in [1.54, 1.807) is 30.3 Å². The molecule has 14 heteroatoms. The van der Waals surface area contributed by atoms with Gasteiger partial charge >= 0.3 is 6.18 Å². The van der Waals surface area contributed by atoms with Crippen molar-refractivity contribution in [3.63, 3.8) is 0 Å². The van der Waals surface area contributed by atoms with Crippen molar-refractivity contribution in [3.8, 4) is 0 Å².